The highest BCUT2D eigenvalue weighted by Crippen LogP contribution is 2.30. The molecule has 0 aliphatic carbocycles. The molecule has 2 rings (SSSR count). The molecule has 0 radical (unpaired) electrons. The van der Waals surface area contributed by atoms with Gasteiger partial charge in [0.05, 0.1) is 0 Å². The quantitative estimate of drug-likeness (QED) is 0.695. The van der Waals surface area contributed by atoms with E-state index in [-0.39, 0.29) is 0 Å². The highest BCUT2D eigenvalue weighted by Gasteiger charge is 2.13. The molecule has 3 heteroatoms. The normalized spacial score (nSPS) is 15.2. The van der Waals surface area contributed by atoms with Crippen LogP contribution < -0.4 is 0 Å². The zero-order valence-corrected chi connectivity index (χ0v) is 11.7. The van der Waals surface area contributed by atoms with Crippen molar-refractivity contribution in [1.29, 1.82) is 0 Å². The molecular weight excluding hydrogens is 287 g/mol. The van der Waals surface area contributed by atoms with E-state index in [4.69, 9.17) is 16.0 Å². The molecule has 0 fully saturated rings. The number of hydrogen-bond donors (Lipinski definition) is 0. The molecule has 1 aromatic heterocycles. The fourth-order valence-electron chi connectivity index (χ4n) is 1.88. The van der Waals surface area contributed by atoms with E-state index in [1.165, 1.54) is 0 Å². The van der Waals surface area contributed by atoms with Gasteiger partial charge in [-0.3, -0.25) is 0 Å². The maximum Gasteiger partial charge on any atom is 0.134 e. The lowest BCUT2D eigenvalue weighted by Crippen LogP contribution is -1.98. The molecule has 0 spiro atoms. The third-order valence-corrected chi connectivity index (χ3v) is 3.27. The van der Waals surface area contributed by atoms with Gasteiger partial charge >= 0.3 is 0 Å². The van der Waals surface area contributed by atoms with Gasteiger partial charge < -0.3 is 4.42 Å². The second-order valence-corrected chi connectivity index (χ2v) is 6.25. The minimum Gasteiger partial charge on any atom is -0.461 e. The van der Waals surface area contributed by atoms with Crippen molar-refractivity contribution in [3.05, 3.63) is 35.0 Å². The smallest absolute Gasteiger partial charge is 0.134 e. The number of alkyl halides is 1. The van der Waals surface area contributed by atoms with Crippen LogP contribution in [0.2, 0.25) is 5.02 Å². The summed E-state index contributed by atoms with van der Waals surface area (Å²) in [5.41, 5.74) is 0.911. The molecule has 86 valence electrons. The van der Waals surface area contributed by atoms with Crippen molar-refractivity contribution in [2.75, 3.05) is 0 Å². The summed E-state index contributed by atoms with van der Waals surface area (Å²) < 4.78 is 5.81. The molecule has 1 aromatic carbocycles. The van der Waals surface area contributed by atoms with Gasteiger partial charge in [0.15, 0.2) is 0 Å². The Morgan fingerprint density at radius 2 is 2.06 bits per heavy atom. The third kappa shape index (κ3) is 2.61. The van der Waals surface area contributed by atoms with Crippen LogP contribution in [0.1, 0.15) is 31.9 Å². The Bertz CT molecular complexity index is 490. The number of furan rings is 1. The Balaban J connectivity index is 2.32. The fourth-order valence-corrected chi connectivity index (χ4v) is 2.62. The van der Waals surface area contributed by atoms with E-state index in [9.17, 15) is 0 Å². The topological polar surface area (TPSA) is 13.1 Å². The van der Waals surface area contributed by atoms with Gasteiger partial charge in [-0.05, 0) is 30.7 Å². The molecule has 0 saturated heterocycles. The van der Waals surface area contributed by atoms with Gasteiger partial charge in [0.25, 0.3) is 0 Å². The maximum atomic E-state index is 5.94. The molecule has 0 aliphatic rings. The Labute approximate surface area is 109 Å². The number of halogens is 2. The molecule has 2 aromatic rings. The van der Waals surface area contributed by atoms with Gasteiger partial charge in [0, 0.05) is 21.2 Å². The largest absolute Gasteiger partial charge is 0.461 e. The molecule has 0 N–H and O–H groups in total. The van der Waals surface area contributed by atoms with E-state index in [1.54, 1.807) is 0 Å². The molecule has 2 unspecified atom stereocenters. The molecule has 2 atom stereocenters. The van der Waals surface area contributed by atoms with Crippen molar-refractivity contribution in [2.24, 2.45) is 0 Å². The van der Waals surface area contributed by atoms with Gasteiger partial charge in [-0.25, -0.2) is 0 Å². The van der Waals surface area contributed by atoms with E-state index in [1.807, 2.05) is 18.2 Å². The summed E-state index contributed by atoms with van der Waals surface area (Å²) in [4.78, 5) is 0.499. The van der Waals surface area contributed by atoms with E-state index >= 15 is 0 Å². The zero-order valence-electron chi connectivity index (χ0n) is 9.34. The Morgan fingerprint density at radius 3 is 2.75 bits per heavy atom. The van der Waals surface area contributed by atoms with Crippen LogP contribution in [0.3, 0.4) is 0 Å². The lowest BCUT2D eigenvalue weighted by Gasteiger charge is -2.09. The minimum atomic E-state index is 0.417. The molecule has 0 saturated carbocycles. The maximum absolute atomic E-state index is 5.94. The van der Waals surface area contributed by atoms with E-state index in [0.29, 0.717) is 10.7 Å². The number of benzene rings is 1. The van der Waals surface area contributed by atoms with Gasteiger partial charge in [-0.2, -0.15) is 0 Å². The molecule has 1 nitrogen and oxygen atoms in total. The second-order valence-electron chi connectivity index (χ2n) is 4.25. The monoisotopic (exact) mass is 300 g/mol. The van der Waals surface area contributed by atoms with E-state index < -0.39 is 0 Å². The Morgan fingerprint density at radius 1 is 1.31 bits per heavy atom. The minimum absolute atomic E-state index is 0.417. The molecule has 0 aliphatic heterocycles. The summed E-state index contributed by atoms with van der Waals surface area (Å²) in [7, 11) is 0. The summed E-state index contributed by atoms with van der Waals surface area (Å²) in [6, 6.07) is 7.80. The first-order valence-electron chi connectivity index (χ1n) is 5.39. The first-order chi connectivity index (χ1) is 7.56. The molecule has 16 heavy (non-hydrogen) atoms. The standard InChI is InChI=1S/C13H14BrClO/c1-8(5-9(2)14)13-7-10-6-11(15)3-4-12(10)16-13/h3-4,6-9H,5H2,1-2H3. The van der Waals surface area contributed by atoms with E-state index in [0.717, 1.165) is 28.2 Å². The Kier molecular flexibility index (Phi) is 3.60. The SMILES string of the molecule is CC(Br)CC(C)c1cc2cc(Cl)ccc2o1. The lowest BCUT2D eigenvalue weighted by atomic mass is 10.0. The summed E-state index contributed by atoms with van der Waals surface area (Å²) in [5.74, 6) is 1.45. The molecular formula is C13H14BrClO. The van der Waals surface area contributed by atoms with Crippen LogP contribution in [0.4, 0.5) is 0 Å². The average Bonchev–Trinajstić information content (AvgIpc) is 2.59. The van der Waals surface area contributed by atoms with Crippen LogP contribution in [0.5, 0.6) is 0 Å². The number of hydrogen-bond acceptors (Lipinski definition) is 1. The van der Waals surface area contributed by atoms with Gasteiger partial charge in [0.2, 0.25) is 0 Å². The van der Waals surface area contributed by atoms with Gasteiger partial charge in [0.1, 0.15) is 11.3 Å². The molecule has 1 heterocycles. The summed E-state index contributed by atoms with van der Waals surface area (Å²) in [5, 5.41) is 1.83. The second kappa shape index (κ2) is 4.80. The van der Waals surface area contributed by atoms with Crippen LogP contribution in [0.15, 0.2) is 28.7 Å². The van der Waals surface area contributed by atoms with Crippen LogP contribution in [-0.2, 0) is 0 Å². The Hall–Kier alpha value is -0.470. The molecule has 0 bridgehead atoms. The zero-order chi connectivity index (χ0) is 11.7. The lowest BCUT2D eigenvalue weighted by molar-refractivity contribution is 0.490. The predicted molar refractivity (Wildman–Crippen MR) is 72.6 cm³/mol. The van der Waals surface area contributed by atoms with Crippen molar-refractivity contribution in [1.82, 2.24) is 0 Å². The van der Waals surface area contributed by atoms with Crippen molar-refractivity contribution in [2.45, 2.75) is 31.0 Å². The van der Waals surface area contributed by atoms with Crippen LogP contribution in [-0.4, -0.2) is 4.83 Å². The van der Waals surface area contributed by atoms with E-state index in [2.05, 4.69) is 35.8 Å². The first kappa shape index (κ1) is 12.0. The summed E-state index contributed by atoms with van der Waals surface area (Å²) in [6.45, 7) is 4.33. The van der Waals surface area contributed by atoms with Crippen LogP contribution in [0.25, 0.3) is 11.0 Å². The predicted octanol–water partition coefficient (Wildman–Crippen LogP) is 5.36. The highest BCUT2D eigenvalue weighted by atomic mass is 79.9. The fraction of sp³-hybridized carbons (Fsp3) is 0.385. The van der Waals surface area contributed by atoms with Crippen molar-refractivity contribution in [3.8, 4) is 0 Å². The van der Waals surface area contributed by atoms with Crippen LogP contribution >= 0.6 is 27.5 Å². The van der Waals surface area contributed by atoms with Crippen molar-refractivity contribution >= 4 is 38.5 Å². The van der Waals surface area contributed by atoms with Crippen molar-refractivity contribution < 1.29 is 4.42 Å². The molecule has 0 amide bonds. The van der Waals surface area contributed by atoms with Gasteiger partial charge in [-0.15, -0.1) is 0 Å². The third-order valence-electron chi connectivity index (χ3n) is 2.66. The summed E-state index contributed by atoms with van der Waals surface area (Å²) >= 11 is 9.51. The van der Waals surface area contributed by atoms with Crippen molar-refractivity contribution in [3.63, 3.8) is 0 Å². The first-order valence-corrected chi connectivity index (χ1v) is 6.68. The number of rotatable bonds is 3. The highest BCUT2D eigenvalue weighted by molar-refractivity contribution is 9.09. The number of fused-ring (bicyclic) bond motifs is 1. The summed E-state index contributed by atoms with van der Waals surface area (Å²) in [6.07, 6.45) is 1.06. The average molecular weight is 302 g/mol. The van der Waals surface area contributed by atoms with Crippen LogP contribution in [0, 0.1) is 0 Å². The van der Waals surface area contributed by atoms with Gasteiger partial charge in [-0.1, -0.05) is 41.4 Å².